The van der Waals surface area contributed by atoms with Gasteiger partial charge in [-0.25, -0.2) is 10.4 Å². The third-order valence-electron chi connectivity index (χ3n) is 17.2. The first-order valence-electron chi connectivity index (χ1n) is 27.6. The van der Waals surface area contributed by atoms with Crippen LogP contribution < -0.4 is 15.6 Å². The van der Waals surface area contributed by atoms with Gasteiger partial charge in [-0.05, 0) is 75.6 Å². The zero-order valence-corrected chi connectivity index (χ0v) is 45.2. The van der Waals surface area contributed by atoms with Crippen molar-refractivity contribution in [3.63, 3.8) is 0 Å². The second-order valence-corrected chi connectivity index (χ2v) is 24.4. The molecule has 4 aromatic rings. The number of thiazole rings is 1. The van der Waals surface area contributed by atoms with Crippen LogP contribution in [0, 0.1) is 16.7 Å². The number of esters is 1. The minimum atomic E-state index is -1.03. The number of nitrogens with zero attached hydrogens (tertiary/aromatic N) is 7. The van der Waals surface area contributed by atoms with Gasteiger partial charge in [-0.15, -0.1) is 11.3 Å². The highest BCUT2D eigenvalue weighted by Gasteiger charge is 2.55. The quantitative estimate of drug-likeness (QED) is 0.170. The number of rotatable bonds is 12. The number of fused-ring (bicyclic) bond motifs is 6. The van der Waals surface area contributed by atoms with Crippen molar-refractivity contribution in [2.24, 2.45) is 16.7 Å². The van der Waals surface area contributed by atoms with Crippen LogP contribution in [0.15, 0.2) is 35.8 Å². The van der Waals surface area contributed by atoms with E-state index < -0.39 is 35.6 Å². The van der Waals surface area contributed by atoms with Gasteiger partial charge < -0.3 is 43.2 Å². The Bertz CT molecular complexity index is 2750. The summed E-state index contributed by atoms with van der Waals surface area (Å²) in [6, 6.07) is 7.29. The lowest BCUT2D eigenvalue weighted by Gasteiger charge is -2.58. The number of pyridine rings is 1. The number of piperazine rings is 1. The number of likely N-dealkylation sites (tertiary alicyclic amines) is 1. The van der Waals surface area contributed by atoms with Crippen molar-refractivity contribution in [2.45, 2.75) is 122 Å². The number of anilines is 1. The summed E-state index contributed by atoms with van der Waals surface area (Å²) in [6.45, 7) is 18.4. The molecule has 6 atom stereocenters. The summed E-state index contributed by atoms with van der Waals surface area (Å²) in [6.07, 6.45) is 7.13. The number of ether oxygens (including phenoxy) is 6. The Morgan fingerprint density at radius 2 is 1.79 bits per heavy atom. The van der Waals surface area contributed by atoms with E-state index in [1.54, 1.807) is 7.11 Å². The number of aromatic nitrogens is 3. The summed E-state index contributed by atoms with van der Waals surface area (Å²) >= 11 is 1.50. The van der Waals surface area contributed by atoms with E-state index in [-0.39, 0.29) is 42.0 Å². The van der Waals surface area contributed by atoms with Gasteiger partial charge in [-0.1, -0.05) is 26.8 Å². The van der Waals surface area contributed by atoms with E-state index in [4.69, 9.17) is 38.4 Å². The molecule has 1 aliphatic carbocycles. The van der Waals surface area contributed by atoms with Crippen LogP contribution in [0.5, 0.6) is 0 Å². The Kier molecular flexibility index (Phi) is 14.3. The Hall–Kier alpha value is -4.57. The van der Waals surface area contributed by atoms with Crippen LogP contribution in [0.1, 0.15) is 94.6 Å². The van der Waals surface area contributed by atoms with Crippen LogP contribution in [-0.2, 0) is 55.8 Å². The van der Waals surface area contributed by atoms with Crippen LogP contribution >= 0.6 is 11.3 Å². The van der Waals surface area contributed by atoms with Gasteiger partial charge >= 0.3 is 5.97 Å². The highest BCUT2D eigenvalue weighted by Crippen LogP contribution is 2.47. The molecular formula is C56H75N9O9S. The van der Waals surface area contributed by atoms with Gasteiger partial charge in [0.2, 0.25) is 5.91 Å². The van der Waals surface area contributed by atoms with Crippen LogP contribution in [-0.4, -0.2) is 177 Å². The fourth-order valence-corrected chi connectivity index (χ4v) is 13.6. The maximum atomic E-state index is 15.2. The maximum Gasteiger partial charge on any atom is 0.324 e. The van der Waals surface area contributed by atoms with Gasteiger partial charge in [0.15, 0.2) is 0 Å². The van der Waals surface area contributed by atoms with Crippen LogP contribution in [0.4, 0.5) is 5.69 Å². The normalized spacial score (nSPS) is 28.0. The SMILES string of the molecule is CO[C@@H](C)c1ncc(N2CCN(C3CC3)CC2)cc1-c1c2c3cc(ccc3n1CCOC1CCOCC1)-c1csc(n1)[C@@H](N1CC3(COC3)C1)[C@H](NC(=O)[C@@H]1OC[C@@H]1C)C(=O)N1CCC[C@H](N1)C(=O)OCC(C)(C)C2. The summed E-state index contributed by atoms with van der Waals surface area (Å²) in [7, 11) is 1.74. The first-order chi connectivity index (χ1) is 36.3. The number of methoxy groups -OCH3 is 1. The number of cyclic esters (lactones) is 1. The Labute approximate surface area is 444 Å². The maximum absolute atomic E-state index is 15.2. The van der Waals surface area contributed by atoms with Crippen molar-refractivity contribution < 1.29 is 42.8 Å². The Balaban J connectivity index is 1.00. The van der Waals surface area contributed by atoms with Gasteiger partial charge in [-0.2, -0.15) is 0 Å². The minimum absolute atomic E-state index is 0.00441. The molecule has 75 heavy (non-hydrogen) atoms. The molecule has 7 fully saturated rings. The molecule has 3 aromatic heterocycles. The number of benzene rings is 1. The molecule has 6 saturated heterocycles. The Morgan fingerprint density at radius 3 is 2.49 bits per heavy atom. The van der Waals surface area contributed by atoms with E-state index in [2.05, 4.69) is 80.4 Å². The van der Waals surface area contributed by atoms with Gasteiger partial charge in [0.25, 0.3) is 5.91 Å². The average molecular weight is 1050 g/mol. The molecular weight excluding hydrogens is 975 g/mol. The standard InChI is InChI=1S/C56H75N9O9S/c1-34-27-73-50(34)51(66)59-47-49(63-29-56(30-63)32-71-33-56)52-58-44(28-75-52)36-8-11-45-40(23-36)42(25-55(3,4)31-74-54(68)43-7-6-14-65(60-43)53(47)67)48(64(45)19-22-72-39-12-20-70-21-13-39)41-24-38(26-57-46(41)35(2)69-5)62-17-15-61(16-18-62)37-9-10-37/h8,11,23-24,26,28,34-35,37,39,43,47,49-50,60H,6-7,9-10,12-22,25,27,29-33H2,1-5H3,(H,59,66)/t34-,35-,43-,47-,49-,50+/m0/s1. The van der Waals surface area contributed by atoms with Crippen LogP contribution in [0.25, 0.3) is 33.4 Å². The molecule has 404 valence electrons. The monoisotopic (exact) mass is 1050 g/mol. The first-order valence-corrected chi connectivity index (χ1v) is 28.5. The summed E-state index contributed by atoms with van der Waals surface area (Å²) in [5.74, 6) is -1.06. The molecule has 7 aliphatic heterocycles. The number of nitrogens with one attached hydrogen (secondary N) is 2. The number of hydrazine groups is 1. The first kappa shape index (κ1) is 51.2. The molecule has 1 spiro atoms. The van der Waals surface area contributed by atoms with E-state index in [1.807, 2.05) is 13.1 Å². The number of carbonyl (C=O) groups excluding carboxylic acids is 3. The van der Waals surface area contributed by atoms with Gasteiger partial charge in [-0.3, -0.25) is 34.2 Å². The van der Waals surface area contributed by atoms with Crippen molar-refractivity contribution in [2.75, 3.05) is 104 Å². The molecule has 2 N–H and O–H groups in total. The van der Waals surface area contributed by atoms with Crippen LogP contribution in [0.2, 0.25) is 0 Å². The van der Waals surface area contributed by atoms with E-state index in [1.165, 1.54) is 29.2 Å². The van der Waals surface area contributed by atoms with Gasteiger partial charge in [0, 0.05) is 123 Å². The fraction of sp³-hybridized carbons (Fsp3) is 0.661. The molecule has 0 radical (unpaired) electrons. The third kappa shape index (κ3) is 10.3. The van der Waals surface area contributed by atoms with Gasteiger partial charge in [0.05, 0.1) is 80.3 Å². The molecule has 0 unspecified atom stereocenters. The highest BCUT2D eigenvalue weighted by molar-refractivity contribution is 7.10. The molecule has 6 bridgehead atoms. The molecule has 1 aromatic carbocycles. The van der Waals surface area contributed by atoms with Crippen molar-refractivity contribution >= 4 is 45.7 Å². The predicted octanol–water partition coefficient (Wildman–Crippen LogP) is 5.53. The molecule has 8 aliphatic rings. The third-order valence-corrected chi connectivity index (χ3v) is 18.1. The van der Waals surface area contributed by atoms with E-state index in [0.29, 0.717) is 85.1 Å². The number of amides is 2. The molecule has 19 heteroatoms. The lowest BCUT2D eigenvalue weighted by Crippen LogP contribution is -2.70. The number of hydrogen-bond acceptors (Lipinski definition) is 16. The zero-order valence-electron chi connectivity index (χ0n) is 44.4. The number of carbonyl (C=O) groups is 3. The lowest BCUT2D eigenvalue weighted by molar-refractivity contribution is -0.203. The van der Waals surface area contributed by atoms with Crippen molar-refractivity contribution in [1.29, 1.82) is 0 Å². The molecule has 10 heterocycles. The second kappa shape index (κ2) is 21.0. The molecule has 1 saturated carbocycles. The molecule has 12 rings (SSSR count). The number of hydrogen-bond donors (Lipinski definition) is 2. The van der Waals surface area contributed by atoms with Crippen molar-refractivity contribution in [1.82, 2.24) is 40.1 Å². The van der Waals surface area contributed by atoms with E-state index in [0.717, 1.165) is 100 Å². The smallest absolute Gasteiger partial charge is 0.324 e. The van der Waals surface area contributed by atoms with E-state index >= 15 is 4.79 Å². The second-order valence-electron chi connectivity index (χ2n) is 23.5. The lowest BCUT2D eigenvalue weighted by atomic mass is 9.76. The highest BCUT2D eigenvalue weighted by atomic mass is 32.1. The molecule has 2 amide bonds. The van der Waals surface area contributed by atoms with Crippen molar-refractivity contribution in [3.05, 3.63) is 52.1 Å². The average Bonchev–Trinajstić information content (AvgIpc) is 4.07. The summed E-state index contributed by atoms with van der Waals surface area (Å²) in [4.78, 5) is 61.7. The predicted molar refractivity (Wildman–Crippen MR) is 283 cm³/mol. The zero-order chi connectivity index (χ0) is 51.6. The summed E-state index contributed by atoms with van der Waals surface area (Å²) in [5, 5.41) is 8.58. The Morgan fingerprint density at radius 1 is 0.987 bits per heavy atom. The minimum Gasteiger partial charge on any atom is -0.464 e. The fourth-order valence-electron chi connectivity index (χ4n) is 12.6. The topological polar surface area (TPSA) is 174 Å². The summed E-state index contributed by atoms with van der Waals surface area (Å²) in [5.41, 5.74) is 10.6. The van der Waals surface area contributed by atoms with E-state index in [9.17, 15) is 9.59 Å². The van der Waals surface area contributed by atoms with Crippen molar-refractivity contribution in [3.8, 4) is 22.5 Å². The largest absolute Gasteiger partial charge is 0.464 e. The van der Waals surface area contributed by atoms with Gasteiger partial charge in [0.1, 0.15) is 23.2 Å². The molecule has 18 nitrogen and oxygen atoms in total. The van der Waals surface area contributed by atoms with Crippen LogP contribution in [0.3, 0.4) is 0 Å². The summed E-state index contributed by atoms with van der Waals surface area (Å²) < 4.78 is 38.7.